The van der Waals surface area contributed by atoms with Crippen LogP contribution in [0, 0.1) is 5.92 Å². The highest BCUT2D eigenvalue weighted by Crippen LogP contribution is 2.20. The van der Waals surface area contributed by atoms with Crippen molar-refractivity contribution < 1.29 is 5.11 Å². The van der Waals surface area contributed by atoms with Crippen molar-refractivity contribution in [3.63, 3.8) is 0 Å². The number of β-amino-alcohol motifs (C(OH)–C–C–N with tert-alkyl or cyclic N) is 1. The zero-order chi connectivity index (χ0) is 9.19. The minimum Gasteiger partial charge on any atom is -0.387 e. The van der Waals surface area contributed by atoms with Crippen molar-refractivity contribution in [2.24, 2.45) is 5.73 Å². The zero-order valence-electron chi connectivity index (χ0n) is 8.01. The smallest absolute Gasteiger partial charge is 0.0907 e. The Morgan fingerprint density at radius 3 is 2.67 bits per heavy atom. The van der Waals surface area contributed by atoms with E-state index in [1.54, 1.807) is 0 Å². The van der Waals surface area contributed by atoms with E-state index < -0.39 is 5.60 Å². The molecule has 0 aromatic carbocycles. The Morgan fingerprint density at radius 2 is 2.25 bits per heavy atom. The average molecular weight is 171 g/mol. The van der Waals surface area contributed by atoms with Crippen LogP contribution in [-0.2, 0) is 0 Å². The monoisotopic (exact) mass is 171 g/mol. The summed E-state index contributed by atoms with van der Waals surface area (Å²) in [6.07, 6.45) is 0.816. The van der Waals surface area contributed by atoms with Crippen LogP contribution < -0.4 is 5.73 Å². The Kier molecular flexibility index (Phi) is 3.09. The highest BCUT2D eigenvalue weighted by molar-refractivity contribution is 4.94. The van der Waals surface area contributed by atoms with Crippen LogP contribution in [0.1, 0.15) is 20.3 Å². The Hall–Kier alpha value is -0.120. The number of nitrogens with two attached hydrogens (primary N) is 1. The van der Waals surface area contributed by atoms with Crippen LogP contribution in [0.5, 0.6) is 0 Å². The summed E-state index contributed by atoms with van der Waals surface area (Å²) in [5.41, 5.74) is 4.86. The van der Waals surface area contributed by atoms with Crippen molar-refractivity contribution >= 4 is 0 Å². The molecular weight excluding hydrogens is 152 g/mol. The third kappa shape index (κ3) is 2.44. The molecule has 1 unspecified atom stereocenters. The first-order chi connectivity index (χ1) is 5.56. The lowest BCUT2D eigenvalue weighted by Crippen LogP contribution is -2.40. The molecule has 1 heterocycles. The molecule has 1 radical (unpaired) electrons. The molecule has 12 heavy (non-hydrogen) atoms. The minimum atomic E-state index is -0.616. The summed E-state index contributed by atoms with van der Waals surface area (Å²) in [4.78, 5) is 2.25. The normalized spacial score (nSPS) is 31.8. The van der Waals surface area contributed by atoms with Gasteiger partial charge in [-0.05, 0) is 12.3 Å². The summed E-state index contributed by atoms with van der Waals surface area (Å²) in [5, 5.41) is 9.81. The van der Waals surface area contributed by atoms with E-state index in [4.69, 9.17) is 5.73 Å². The lowest BCUT2D eigenvalue weighted by molar-refractivity contribution is 0.0587. The van der Waals surface area contributed by atoms with Gasteiger partial charge in [-0.3, -0.25) is 4.90 Å². The average Bonchev–Trinajstić information content (AvgIpc) is 2.32. The molecule has 0 aromatic rings. The van der Waals surface area contributed by atoms with E-state index in [0.29, 0.717) is 6.54 Å². The van der Waals surface area contributed by atoms with Crippen molar-refractivity contribution in [3.8, 4) is 0 Å². The number of rotatable bonds is 3. The number of hydrogen-bond acceptors (Lipinski definition) is 3. The Labute approximate surface area is 74.5 Å². The Balaban J connectivity index is 2.35. The molecule has 1 rings (SSSR count). The number of hydrogen-bond donors (Lipinski definition) is 2. The van der Waals surface area contributed by atoms with Gasteiger partial charge in [0.15, 0.2) is 0 Å². The fourth-order valence-corrected chi connectivity index (χ4v) is 1.69. The highest BCUT2D eigenvalue weighted by Gasteiger charge is 2.34. The van der Waals surface area contributed by atoms with Gasteiger partial charge in [0.2, 0.25) is 0 Å². The minimum absolute atomic E-state index is 0.381. The van der Waals surface area contributed by atoms with Gasteiger partial charge in [-0.2, -0.15) is 0 Å². The van der Waals surface area contributed by atoms with Crippen molar-refractivity contribution in [2.45, 2.75) is 25.9 Å². The van der Waals surface area contributed by atoms with Crippen molar-refractivity contribution in [3.05, 3.63) is 5.92 Å². The molecule has 71 valence electrons. The van der Waals surface area contributed by atoms with Gasteiger partial charge >= 0.3 is 0 Å². The molecule has 3 N–H and O–H groups in total. The number of nitrogens with zero attached hydrogens (tertiary/aromatic N) is 1. The summed E-state index contributed by atoms with van der Waals surface area (Å²) >= 11 is 0. The van der Waals surface area contributed by atoms with Crippen LogP contribution in [0.3, 0.4) is 0 Å². The molecular formula is C9H19N2O. The first-order valence-electron chi connectivity index (χ1n) is 4.49. The maximum Gasteiger partial charge on any atom is 0.0907 e. The molecule has 0 saturated carbocycles. The SMILES string of the molecule is C[C](C)CN1CCC(O)(CN)C1. The van der Waals surface area contributed by atoms with Crippen LogP contribution in [0.15, 0.2) is 0 Å². The second kappa shape index (κ2) is 3.73. The summed E-state index contributed by atoms with van der Waals surface area (Å²) in [7, 11) is 0. The van der Waals surface area contributed by atoms with Gasteiger partial charge in [0.1, 0.15) is 0 Å². The molecule has 0 aliphatic carbocycles. The molecule has 3 nitrogen and oxygen atoms in total. The van der Waals surface area contributed by atoms with Crippen molar-refractivity contribution in [1.82, 2.24) is 4.90 Å². The second-order valence-electron chi connectivity index (χ2n) is 4.10. The van der Waals surface area contributed by atoms with Crippen LogP contribution in [-0.4, -0.2) is 41.8 Å². The Bertz CT molecular complexity index is 149. The topological polar surface area (TPSA) is 49.5 Å². The summed E-state index contributed by atoms with van der Waals surface area (Å²) in [6, 6.07) is 0. The zero-order valence-corrected chi connectivity index (χ0v) is 8.01. The predicted molar refractivity (Wildman–Crippen MR) is 49.7 cm³/mol. The van der Waals surface area contributed by atoms with Crippen molar-refractivity contribution in [1.29, 1.82) is 0 Å². The van der Waals surface area contributed by atoms with E-state index >= 15 is 0 Å². The van der Waals surface area contributed by atoms with E-state index in [-0.39, 0.29) is 0 Å². The van der Waals surface area contributed by atoms with Crippen LogP contribution in [0.4, 0.5) is 0 Å². The van der Waals surface area contributed by atoms with Gasteiger partial charge in [-0.1, -0.05) is 13.8 Å². The molecule has 1 fully saturated rings. The molecule has 0 spiro atoms. The molecule has 0 aromatic heterocycles. The Morgan fingerprint density at radius 1 is 1.58 bits per heavy atom. The molecule has 1 atom stereocenters. The molecule has 0 amide bonds. The van der Waals surface area contributed by atoms with Gasteiger partial charge in [-0.25, -0.2) is 0 Å². The number of likely N-dealkylation sites (tertiary alicyclic amines) is 1. The molecule has 0 bridgehead atoms. The van der Waals surface area contributed by atoms with Gasteiger partial charge in [0.25, 0.3) is 0 Å². The fourth-order valence-electron chi connectivity index (χ4n) is 1.69. The maximum absolute atomic E-state index is 9.81. The third-order valence-corrected chi connectivity index (χ3v) is 2.33. The molecule has 1 aliphatic rings. The maximum atomic E-state index is 9.81. The van der Waals surface area contributed by atoms with Crippen LogP contribution >= 0.6 is 0 Å². The van der Waals surface area contributed by atoms with E-state index in [0.717, 1.165) is 26.1 Å². The summed E-state index contributed by atoms with van der Waals surface area (Å²) in [6.45, 7) is 7.29. The number of aliphatic hydroxyl groups is 1. The lowest BCUT2D eigenvalue weighted by Gasteiger charge is -2.22. The lowest BCUT2D eigenvalue weighted by atomic mass is 10.0. The van der Waals surface area contributed by atoms with Gasteiger partial charge in [0.05, 0.1) is 5.60 Å². The quantitative estimate of drug-likeness (QED) is 0.628. The van der Waals surface area contributed by atoms with E-state index in [2.05, 4.69) is 18.7 Å². The predicted octanol–water partition coefficient (Wildman–Crippen LogP) is -0.00381. The molecule has 1 aliphatic heterocycles. The van der Waals surface area contributed by atoms with E-state index in [9.17, 15) is 5.11 Å². The van der Waals surface area contributed by atoms with Crippen LogP contribution in [0.2, 0.25) is 0 Å². The summed E-state index contributed by atoms with van der Waals surface area (Å²) in [5.74, 6) is 1.39. The van der Waals surface area contributed by atoms with Crippen molar-refractivity contribution in [2.75, 3.05) is 26.2 Å². The first-order valence-corrected chi connectivity index (χ1v) is 4.49. The van der Waals surface area contributed by atoms with Gasteiger partial charge < -0.3 is 10.8 Å². The largest absolute Gasteiger partial charge is 0.387 e. The van der Waals surface area contributed by atoms with Crippen LogP contribution in [0.25, 0.3) is 0 Å². The molecule has 1 saturated heterocycles. The third-order valence-electron chi connectivity index (χ3n) is 2.33. The standard InChI is InChI=1S/C9H19N2O/c1-8(2)5-11-4-3-9(12,6-10)7-11/h12H,3-7,10H2,1-2H3. The van der Waals surface area contributed by atoms with Gasteiger partial charge in [0, 0.05) is 26.2 Å². The summed E-state index contributed by atoms with van der Waals surface area (Å²) < 4.78 is 0. The highest BCUT2D eigenvalue weighted by atomic mass is 16.3. The second-order valence-corrected chi connectivity index (χ2v) is 4.10. The first kappa shape index (κ1) is 9.96. The van der Waals surface area contributed by atoms with E-state index in [1.807, 2.05) is 0 Å². The van der Waals surface area contributed by atoms with E-state index in [1.165, 1.54) is 5.92 Å². The fraction of sp³-hybridized carbons (Fsp3) is 0.889. The molecule has 3 heteroatoms. The van der Waals surface area contributed by atoms with Gasteiger partial charge in [-0.15, -0.1) is 0 Å².